The van der Waals surface area contributed by atoms with Gasteiger partial charge in [0.05, 0.1) is 38.2 Å². The van der Waals surface area contributed by atoms with Crippen LogP contribution in [0.3, 0.4) is 0 Å². The fraction of sp³-hybridized carbons (Fsp3) is 0.277. The minimum Gasteiger partial charge on any atom is -0.453 e. The van der Waals surface area contributed by atoms with Crippen molar-refractivity contribution in [2.75, 3.05) is 33.6 Å². The Balaban J connectivity index is 0.957. The van der Waals surface area contributed by atoms with Crippen LogP contribution in [0.25, 0.3) is 33.6 Å². The molecule has 16 heteroatoms. The lowest BCUT2D eigenvalue weighted by molar-refractivity contribution is -0.135. The van der Waals surface area contributed by atoms with E-state index in [4.69, 9.17) is 31.0 Å². The fourth-order valence-corrected chi connectivity index (χ4v) is 9.30. The third-order valence-corrected chi connectivity index (χ3v) is 12.9. The normalized spacial score (nSPS) is 18.1. The number of rotatable bonds is 12. The van der Waals surface area contributed by atoms with Crippen LogP contribution in [-0.2, 0) is 19.1 Å². The lowest BCUT2D eigenvalue weighted by Crippen LogP contribution is -2.43. The van der Waals surface area contributed by atoms with Gasteiger partial charge in [0.15, 0.2) is 0 Å². The first-order valence-corrected chi connectivity index (χ1v) is 22.3. The molecule has 8 rings (SSSR count). The zero-order valence-electron chi connectivity index (χ0n) is 34.9. The molecule has 2 aliphatic heterocycles. The third-order valence-electron chi connectivity index (χ3n) is 11.7. The summed E-state index contributed by atoms with van der Waals surface area (Å²) >= 11 is 8.47. The van der Waals surface area contributed by atoms with Crippen molar-refractivity contribution in [3.63, 3.8) is 0 Å². The molecular weight excluding hydrogens is 840 g/mol. The van der Waals surface area contributed by atoms with Gasteiger partial charge in [0, 0.05) is 23.9 Å². The van der Waals surface area contributed by atoms with Crippen molar-refractivity contribution in [1.82, 2.24) is 40.4 Å². The molecule has 2 aliphatic rings. The zero-order valence-corrected chi connectivity index (χ0v) is 36.5. The Bertz CT molecular complexity index is 2550. The summed E-state index contributed by atoms with van der Waals surface area (Å²) in [5, 5.41) is 6.00. The van der Waals surface area contributed by atoms with Gasteiger partial charge in [-0.15, -0.1) is 0 Å². The molecular formula is C47H47ClN8O6S. The topological polar surface area (TPSA) is 175 Å². The number of likely N-dealkylation sites (tertiary alicyclic amines) is 2. The SMILES string of the molecule is COC(=O)N[C@H](C(=O)N1C[C@@H](SC)C[C@H]1c1ncc(-c2ccc(-c3ccc(-c4nc([C@@H]5CCCN5C(=O)[C@H](NC(=O)OC)c5ccccc5)[nH]c4Cl)cc3)cc2)[nH]1)c1ccccc1. The Morgan fingerprint density at radius 3 is 1.81 bits per heavy atom. The smallest absolute Gasteiger partial charge is 0.407 e. The minimum absolute atomic E-state index is 0.198. The van der Waals surface area contributed by atoms with Gasteiger partial charge in [-0.05, 0) is 53.3 Å². The second kappa shape index (κ2) is 19.2. The molecule has 5 atom stereocenters. The fourth-order valence-electron chi connectivity index (χ4n) is 8.37. The number of carbonyl (C=O) groups excluding carboxylic acids is 4. The number of benzene rings is 4. The van der Waals surface area contributed by atoms with Crippen LogP contribution in [0.15, 0.2) is 115 Å². The molecule has 2 fully saturated rings. The Hall–Kier alpha value is -6.58. The van der Waals surface area contributed by atoms with E-state index in [1.165, 1.54) is 14.2 Å². The van der Waals surface area contributed by atoms with Crippen molar-refractivity contribution in [3.8, 4) is 33.6 Å². The molecule has 324 valence electrons. The van der Waals surface area contributed by atoms with E-state index in [0.29, 0.717) is 59.6 Å². The highest BCUT2D eigenvalue weighted by Crippen LogP contribution is 2.39. The Morgan fingerprint density at radius 1 is 0.714 bits per heavy atom. The molecule has 4 N–H and O–H groups in total. The molecule has 0 bridgehead atoms. The number of aromatic amines is 2. The summed E-state index contributed by atoms with van der Waals surface area (Å²) in [7, 11) is 2.55. The van der Waals surface area contributed by atoms with Crippen LogP contribution in [0.5, 0.6) is 0 Å². The van der Waals surface area contributed by atoms with Gasteiger partial charge in [-0.2, -0.15) is 11.8 Å². The number of H-pyrrole nitrogens is 2. The van der Waals surface area contributed by atoms with Crippen LogP contribution in [0.1, 0.15) is 66.2 Å². The molecule has 0 unspecified atom stereocenters. The number of aromatic nitrogens is 4. The number of nitrogens with one attached hydrogen (secondary N) is 4. The van der Waals surface area contributed by atoms with E-state index in [9.17, 15) is 19.2 Å². The highest BCUT2D eigenvalue weighted by atomic mass is 35.5. The van der Waals surface area contributed by atoms with Gasteiger partial charge in [-0.3, -0.25) is 9.59 Å². The van der Waals surface area contributed by atoms with Gasteiger partial charge in [-0.25, -0.2) is 19.6 Å². The number of ether oxygens (including phenoxy) is 2. The lowest BCUT2D eigenvalue weighted by atomic mass is 10.0. The maximum Gasteiger partial charge on any atom is 0.407 e. The minimum atomic E-state index is -0.923. The van der Waals surface area contributed by atoms with Gasteiger partial charge in [-0.1, -0.05) is 121 Å². The molecule has 0 saturated carbocycles. The van der Waals surface area contributed by atoms with Crippen molar-refractivity contribution < 1.29 is 28.7 Å². The van der Waals surface area contributed by atoms with Gasteiger partial charge >= 0.3 is 12.2 Å². The average molecular weight is 887 g/mol. The van der Waals surface area contributed by atoms with Gasteiger partial charge < -0.3 is 39.9 Å². The molecule has 4 aromatic carbocycles. The quantitative estimate of drug-likeness (QED) is 0.0938. The van der Waals surface area contributed by atoms with Crippen molar-refractivity contribution in [1.29, 1.82) is 0 Å². The number of hydrogen-bond acceptors (Lipinski definition) is 9. The second-order valence-corrected chi connectivity index (χ2v) is 16.9. The first kappa shape index (κ1) is 43.1. The maximum atomic E-state index is 14.2. The van der Waals surface area contributed by atoms with Crippen LogP contribution in [0, 0.1) is 0 Å². The van der Waals surface area contributed by atoms with E-state index in [0.717, 1.165) is 34.4 Å². The number of halogens is 1. The molecule has 63 heavy (non-hydrogen) atoms. The Kier molecular flexibility index (Phi) is 13.1. The summed E-state index contributed by atoms with van der Waals surface area (Å²) in [6.45, 7) is 1.02. The van der Waals surface area contributed by atoms with Crippen LogP contribution >= 0.6 is 23.4 Å². The summed E-state index contributed by atoms with van der Waals surface area (Å²) < 4.78 is 9.69. The maximum absolute atomic E-state index is 14.2. The molecule has 0 spiro atoms. The standard InChI is InChI=1S/C47H47ClN8O6S/c1-61-46(59)52-39(31-11-6-4-7-12-31)44(57)55-24-10-15-36(55)43-51-38(41(48)54-43)33-22-18-29(19-23-33)28-16-20-30(21-17-28)35-26-49-42(50-35)37-25-34(63-3)27-56(37)45(58)40(53-47(60)62-2)32-13-8-5-9-14-32/h4-9,11-14,16-23,26,34,36-37,39-40H,10,15,24-25,27H2,1-3H3,(H,49,50)(H,51,54)(H,52,59)(H,53,60)/t34-,36-,37-,39+,40-/m0/s1. The van der Waals surface area contributed by atoms with Crippen molar-refractivity contribution >= 4 is 47.4 Å². The number of imidazole rings is 2. The second-order valence-electron chi connectivity index (χ2n) is 15.4. The van der Waals surface area contributed by atoms with Crippen LogP contribution in [-0.4, -0.2) is 92.6 Å². The molecule has 6 aromatic rings. The summed E-state index contributed by atoms with van der Waals surface area (Å²) in [5.41, 5.74) is 6.48. The highest BCUT2D eigenvalue weighted by molar-refractivity contribution is 7.99. The van der Waals surface area contributed by atoms with Crippen LogP contribution in [0.4, 0.5) is 9.59 Å². The summed E-state index contributed by atoms with van der Waals surface area (Å²) in [4.78, 5) is 72.6. The van der Waals surface area contributed by atoms with E-state index in [1.54, 1.807) is 39.9 Å². The molecule has 0 aliphatic carbocycles. The predicted octanol–water partition coefficient (Wildman–Crippen LogP) is 8.65. The Morgan fingerprint density at radius 2 is 1.25 bits per heavy atom. The summed E-state index contributed by atoms with van der Waals surface area (Å²) in [6, 6.07) is 31.9. The predicted molar refractivity (Wildman–Crippen MR) is 242 cm³/mol. The molecule has 2 saturated heterocycles. The Labute approximate surface area is 374 Å². The average Bonchev–Trinajstić information content (AvgIpc) is 4.17. The van der Waals surface area contributed by atoms with Gasteiger partial charge in [0.1, 0.15) is 34.6 Å². The number of thioether (sulfide) groups is 1. The van der Waals surface area contributed by atoms with E-state index < -0.39 is 24.3 Å². The summed E-state index contributed by atoms with van der Waals surface area (Å²) in [6.07, 6.45) is 4.62. The summed E-state index contributed by atoms with van der Waals surface area (Å²) in [5.74, 6) is 0.772. The first-order chi connectivity index (χ1) is 30.6. The van der Waals surface area contributed by atoms with Crippen molar-refractivity contribution in [2.24, 2.45) is 0 Å². The number of hydrogen-bond donors (Lipinski definition) is 4. The molecule has 4 amide bonds. The molecule has 4 heterocycles. The van der Waals surface area contributed by atoms with E-state index in [-0.39, 0.29) is 29.1 Å². The molecule has 2 aromatic heterocycles. The third kappa shape index (κ3) is 9.30. The van der Waals surface area contributed by atoms with E-state index in [2.05, 4.69) is 20.6 Å². The van der Waals surface area contributed by atoms with Crippen molar-refractivity contribution in [2.45, 2.75) is 48.7 Å². The van der Waals surface area contributed by atoms with Crippen LogP contribution in [0.2, 0.25) is 5.15 Å². The lowest BCUT2D eigenvalue weighted by Gasteiger charge is -2.28. The highest BCUT2D eigenvalue weighted by Gasteiger charge is 2.41. The zero-order chi connectivity index (χ0) is 44.0. The van der Waals surface area contributed by atoms with E-state index in [1.807, 2.05) is 103 Å². The van der Waals surface area contributed by atoms with Gasteiger partial charge in [0.25, 0.3) is 11.8 Å². The number of carbonyl (C=O) groups is 4. The van der Waals surface area contributed by atoms with Crippen molar-refractivity contribution in [3.05, 3.63) is 143 Å². The van der Waals surface area contributed by atoms with Crippen LogP contribution < -0.4 is 10.6 Å². The largest absolute Gasteiger partial charge is 0.453 e. The first-order valence-electron chi connectivity index (χ1n) is 20.6. The monoisotopic (exact) mass is 886 g/mol. The van der Waals surface area contributed by atoms with E-state index >= 15 is 0 Å². The van der Waals surface area contributed by atoms with Gasteiger partial charge in [0.2, 0.25) is 0 Å². The number of amides is 4. The number of alkyl carbamates (subject to hydrolysis) is 2. The molecule has 0 radical (unpaired) electrons. The molecule has 14 nitrogen and oxygen atoms in total. The number of nitrogens with zero attached hydrogens (tertiary/aromatic N) is 4. The number of methoxy groups -OCH3 is 2.